The lowest BCUT2D eigenvalue weighted by atomic mass is 10.1. The largest absolute Gasteiger partial charge is 0.497 e. The summed E-state index contributed by atoms with van der Waals surface area (Å²) in [6.45, 7) is 6.75. The monoisotopic (exact) mass is 498 g/mol. The molecule has 184 valence electrons. The first kappa shape index (κ1) is 23.9. The molecule has 6 nitrogen and oxygen atoms in total. The number of imidazole rings is 1. The number of anilines is 1. The summed E-state index contributed by atoms with van der Waals surface area (Å²) in [7, 11) is 1.66. The number of aryl methyl sites for hydroxylation is 1. The lowest BCUT2D eigenvalue weighted by Gasteiger charge is -2.23. The molecule has 1 amide bonds. The molecule has 0 spiro atoms. The zero-order valence-corrected chi connectivity index (χ0v) is 21.6. The second-order valence-electron chi connectivity index (χ2n) is 8.82. The van der Waals surface area contributed by atoms with Gasteiger partial charge in [0.15, 0.2) is 4.96 Å². The van der Waals surface area contributed by atoms with E-state index < -0.39 is 0 Å². The molecule has 0 bridgehead atoms. The van der Waals surface area contributed by atoms with Crippen LogP contribution in [0.5, 0.6) is 5.75 Å². The number of benzene rings is 3. The van der Waals surface area contributed by atoms with Gasteiger partial charge < -0.3 is 15.0 Å². The van der Waals surface area contributed by atoms with Gasteiger partial charge in [0.25, 0.3) is 5.91 Å². The highest BCUT2D eigenvalue weighted by Crippen LogP contribution is 2.30. The Kier molecular flexibility index (Phi) is 6.91. The van der Waals surface area contributed by atoms with Crippen LogP contribution in [0.2, 0.25) is 0 Å². The topological polar surface area (TPSA) is 58.9 Å². The molecule has 0 fully saturated rings. The number of methoxy groups -OCH3 is 1. The molecule has 7 heteroatoms. The van der Waals surface area contributed by atoms with E-state index in [0.717, 1.165) is 51.7 Å². The molecule has 0 aliphatic heterocycles. The van der Waals surface area contributed by atoms with E-state index in [0.29, 0.717) is 12.1 Å². The zero-order valence-electron chi connectivity index (χ0n) is 20.8. The van der Waals surface area contributed by atoms with Crippen LogP contribution in [0.15, 0.2) is 72.9 Å². The number of thiazole rings is 1. The minimum Gasteiger partial charge on any atom is -0.497 e. The van der Waals surface area contributed by atoms with Crippen LogP contribution in [0.4, 0.5) is 5.69 Å². The van der Waals surface area contributed by atoms with Gasteiger partial charge in [-0.25, -0.2) is 4.98 Å². The van der Waals surface area contributed by atoms with Crippen LogP contribution in [0.1, 0.15) is 29.3 Å². The molecule has 5 aromatic rings. The van der Waals surface area contributed by atoms with E-state index in [1.54, 1.807) is 18.4 Å². The molecular formula is C29H30N4O2S. The fourth-order valence-electron chi connectivity index (χ4n) is 4.41. The molecular weight excluding hydrogens is 468 g/mol. The van der Waals surface area contributed by atoms with Crippen LogP contribution in [-0.2, 0) is 0 Å². The average Bonchev–Trinajstić information content (AvgIpc) is 3.46. The van der Waals surface area contributed by atoms with Gasteiger partial charge in [0.1, 0.15) is 5.75 Å². The molecule has 0 atom stereocenters. The van der Waals surface area contributed by atoms with Crippen LogP contribution in [-0.4, -0.2) is 42.0 Å². The molecule has 0 saturated heterocycles. The number of carbonyl (C=O) groups excluding carboxylic acids is 1. The Morgan fingerprint density at radius 3 is 2.69 bits per heavy atom. The number of nitrogens with one attached hydrogen (secondary N) is 1. The number of amides is 1. The van der Waals surface area contributed by atoms with E-state index in [1.807, 2.05) is 48.7 Å². The third-order valence-electron chi connectivity index (χ3n) is 6.38. The van der Waals surface area contributed by atoms with Crippen molar-refractivity contribution < 1.29 is 9.53 Å². The van der Waals surface area contributed by atoms with E-state index in [2.05, 4.69) is 52.7 Å². The van der Waals surface area contributed by atoms with Crippen molar-refractivity contribution in [2.75, 3.05) is 31.6 Å². The molecule has 0 unspecified atom stereocenters. The van der Waals surface area contributed by atoms with Crippen molar-refractivity contribution in [1.29, 1.82) is 0 Å². The number of carbonyl (C=O) groups is 1. The Hall–Kier alpha value is -3.84. The summed E-state index contributed by atoms with van der Waals surface area (Å²) in [5.74, 6) is 0.783. The predicted octanol–water partition coefficient (Wildman–Crippen LogP) is 6.18. The molecule has 5 rings (SSSR count). The van der Waals surface area contributed by atoms with Crippen LogP contribution in [0, 0.1) is 6.92 Å². The number of hydrogen-bond donors (Lipinski definition) is 1. The van der Waals surface area contributed by atoms with Gasteiger partial charge >= 0.3 is 0 Å². The zero-order chi connectivity index (χ0) is 25.1. The van der Waals surface area contributed by atoms with Crippen LogP contribution in [0.3, 0.4) is 0 Å². The number of hydrogen-bond acceptors (Lipinski definition) is 5. The highest BCUT2D eigenvalue weighted by atomic mass is 32.1. The Labute approximate surface area is 215 Å². The minimum absolute atomic E-state index is 0.0412. The van der Waals surface area contributed by atoms with Crippen molar-refractivity contribution >= 4 is 38.1 Å². The second kappa shape index (κ2) is 10.4. The van der Waals surface area contributed by atoms with E-state index in [-0.39, 0.29) is 5.91 Å². The standard InChI is InChI=1S/C29H30N4O2S/c1-4-32(23-8-5-7-20(2)17-23)16-6-15-30-28(34)22-11-14-26-27(18-22)36-29-31-25(19-33(26)29)21-9-12-24(35-3)13-10-21/h5,7-14,17-19H,4,6,15-16H2,1-3H3,(H,30,34). The summed E-state index contributed by atoms with van der Waals surface area (Å²) in [6.07, 6.45) is 2.93. The number of ether oxygens (including phenoxy) is 1. The van der Waals surface area contributed by atoms with Gasteiger partial charge in [-0.3, -0.25) is 9.20 Å². The molecule has 36 heavy (non-hydrogen) atoms. The summed E-state index contributed by atoms with van der Waals surface area (Å²) in [5, 5.41) is 3.08. The lowest BCUT2D eigenvalue weighted by Crippen LogP contribution is -2.30. The summed E-state index contributed by atoms with van der Waals surface area (Å²) in [6, 6.07) is 22.3. The Morgan fingerprint density at radius 2 is 1.94 bits per heavy atom. The van der Waals surface area contributed by atoms with Crippen molar-refractivity contribution in [3.63, 3.8) is 0 Å². The van der Waals surface area contributed by atoms with Gasteiger partial charge in [0.05, 0.1) is 23.0 Å². The number of fused-ring (bicyclic) bond motifs is 3. The maximum Gasteiger partial charge on any atom is 0.251 e. The first-order valence-electron chi connectivity index (χ1n) is 12.2. The fraction of sp³-hybridized carbons (Fsp3) is 0.241. The Balaban J connectivity index is 1.23. The minimum atomic E-state index is -0.0412. The quantitative estimate of drug-likeness (QED) is 0.247. The molecule has 2 aromatic heterocycles. The normalized spacial score (nSPS) is 11.2. The number of nitrogens with zero attached hydrogens (tertiary/aromatic N) is 3. The van der Waals surface area contributed by atoms with Crippen molar-refractivity contribution in [3.8, 4) is 17.0 Å². The maximum atomic E-state index is 12.8. The van der Waals surface area contributed by atoms with Crippen molar-refractivity contribution in [2.45, 2.75) is 20.3 Å². The van der Waals surface area contributed by atoms with Crippen molar-refractivity contribution in [2.24, 2.45) is 0 Å². The molecule has 0 aliphatic rings. The second-order valence-corrected chi connectivity index (χ2v) is 9.83. The fourth-order valence-corrected chi connectivity index (χ4v) is 5.46. The van der Waals surface area contributed by atoms with E-state index in [4.69, 9.17) is 9.72 Å². The SMILES string of the molecule is CCN(CCCNC(=O)c1ccc2c(c1)sc1nc(-c3ccc(OC)cc3)cn12)c1cccc(C)c1. The summed E-state index contributed by atoms with van der Waals surface area (Å²) < 4.78 is 8.38. The van der Waals surface area contributed by atoms with E-state index in [9.17, 15) is 4.79 Å². The Bertz CT molecular complexity index is 1500. The smallest absolute Gasteiger partial charge is 0.251 e. The number of aromatic nitrogens is 2. The van der Waals surface area contributed by atoms with Gasteiger partial charge in [-0.15, -0.1) is 0 Å². The highest BCUT2D eigenvalue weighted by molar-refractivity contribution is 7.23. The molecule has 0 radical (unpaired) electrons. The first-order valence-corrected chi connectivity index (χ1v) is 13.0. The molecule has 2 heterocycles. The Morgan fingerprint density at radius 1 is 1.11 bits per heavy atom. The first-order chi connectivity index (χ1) is 17.6. The van der Waals surface area contributed by atoms with Gasteiger partial charge in [0, 0.05) is 42.6 Å². The highest BCUT2D eigenvalue weighted by Gasteiger charge is 2.13. The van der Waals surface area contributed by atoms with Crippen molar-refractivity contribution in [1.82, 2.24) is 14.7 Å². The molecule has 0 aliphatic carbocycles. The maximum absolute atomic E-state index is 12.8. The molecule has 3 aromatic carbocycles. The van der Waals surface area contributed by atoms with E-state index >= 15 is 0 Å². The summed E-state index contributed by atoms with van der Waals surface area (Å²) >= 11 is 1.59. The van der Waals surface area contributed by atoms with Gasteiger partial charge in [-0.05, 0) is 80.4 Å². The van der Waals surface area contributed by atoms with Crippen LogP contribution >= 0.6 is 11.3 Å². The van der Waals surface area contributed by atoms with Crippen molar-refractivity contribution in [3.05, 3.63) is 84.1 Å². The summed E-state index contributed by atoms with van der Waals surface area (Å²) in [4.78, 5) is 20.9. The van der Waals surface area contributed by atoms with Crippen LogP contribution in [0.25, 0.3) is 26.4 Å². The lowest BCUT2D eigenvalue weighted by molar-refractivity contribution is 0.0953. The average molecular weight is 499 g/mol. The van der Waals surface area contributed by atoms with Crippen LogP contribution < -0.4 is 15.0 Å². The van der Waals surface area contributed by atoms with E-state index in [1.165, 1.54) is 11.3 Å². The predicted molar refractivity (Wildman–Crippen MR) is 149 cm³/mol. The third-order valence-corrected chi connectivity index (χ3v) is 7.40. The molecule has 1 N–H and O–H groups in total. The number of rotatable bonds is 9. The molecule has 0 saturated carbocycles. The van der Waals surface area contributed by atoms with Gasteiger partial charge in [-0.2, -0.15) is 0 Å². The third kappa shape index (κ3) is 4.93. The summed E-state index contributed by atoms with van der Waals surface area (Å²) in [5.41, 5.74) is 6.17. The van der Waals surface area contributed by atoms with Gasteiger partial charge in [-0.1, -0.05) is 23.5 Å². The van der Waals surface area contributed by atoms with Gasteiger partial charge in [0.2, 0.25) is 0 Å².